The number of H-pyrrole nitrogens is 1. The van der Waals surface area contributed by atoms with Crippen molar-refractivity contribution in [2.45, 2.75) is 19.4 Å². The molecule has 3 aromatic rings. The highest BCUT2D eigenvalue weighted by Crippen LogP contribution is 2.29. The number of rotatable bonds is 6. The van der Waals surface area contributed by atoms with Crippen LogP contribution < -0.4 is 16.7 Å². The number of anilines is 1. The molecule has 0 bridgehead atoms. The van der Waals surface area contributed by atoms with Crippen LogP contribution >= 0.6 is 0 Å². The zero-order chi connectivity index (χ0) is 19.0. The average molecular weight is 366 g/mol. The van der Waals surface area contributed by atoms with Crippen molar-refractivity contribution in [3.8, 4) is 0 Å². The summed E-state index contributed by atoms with van der Waals surface area (Å²) in [6.07, 6.45) is 1.75. The van der Waals surface area contributed by atoms with Crippen molar-refractivity contribution in [2.24, 2.45) is 5.92 Å². The SMILES string of the molecule is Nc1nc(C(=O)NCC(=O)C2CC2)nc2c1[nH]c(=O)n2Cc1ccccc1. The van der Waals surface area contributed by atoms with Gasteiger partial charge in [0.05, 0.1) is 13.1 Å². The number of fused-ring (bicyclic) bond motifs is 1. The number of aromatic nitrogens is 4. The molecule has 138 valence electrons. The second-order valence-electron chi connectivity index (χ2n) is 6.56. The largest absolute Gasteiger partial charge is 0.382 e. The van der Waals surface area contributed by atoms with E-state index >= 15 is 0 Å². The molecule has 2 heterocycles. The smallest absolute Gasteiger partial charge is 0.328 e. The van der Waals surface area contributed by atoms with E-state index in [-0.39, 0.29) is 47.6 Å². The van der Waals surface area contributed by atoms with E-state index in [0.29, 0.717) is 0 Å². The van der Waals surface area contributed by atoms with Gasteiger partial charge in [-0.2, -0.15) is 0 Å². The van der Waals surface area contributed by atoms with E-state index in [2.05, 4.69) is 20.3 Å². The van der Waals surface area contributed by atoms with Gasteiger partial charge in [0.2, 0.25) is 5.82 Å². The molecule has 1 fully saturated rings. The molecule has 0 radical (unpaired) electrons. The van der Waals surface area contributed by atoms with E-state index in [9.17, 15) is 14.4 Å². The molecule has 0 saturated heterocycles. The molecule has 9 nitrogen and oxygen atoms in total. The van der Waals surface area contributed by atoms with Gasteiger partial charge in [-0.25, -0.2) is 14.8 Å². The summed E-state index contributed by atoms with van der Waals surface area (Å²) >= 11 is 0. The summed E-state index contributed by atoms with van der Waals surface area (Å²) in [5.74, 6) is -0.718. The highest BCUT2D eigenvalue weighted by molar-refractivity contribution is 5.97. The Morgan fingerprint density at radius 3 is 2.67 bits per heavy atom. The first-order chi connectivity index (χ1) is 13.0. The highest BCUT2D eigenvalue weighted by atomic mass is 16.2. The molecule has 9 heteroatoms. The molecule has 0 unspecified atom stereocenters. The minimum atomic E-state index is -0.600. The van der Waals surface area contributed by atoms with Crippen LogP contribution in [0.25, 0.3) is 11.2 Å². The lowest BCUT2D eigenvalue weighted by atomic mass is 10.2. The Kier molecular flexibility index (Phi) is 4.19. The van der Waals surface area contributed by atoms with Crippen molar-refractivity contribution in [3.63, 3.8) is 0 Å². The van der Waals surface area contributed by atoms with Gasteiger partial charge in [-0.15, -0.1) is 0 Å². The number of ketones is 1. The lowest BCUT2D eigenvalue weighted by molar-refractivity contribution is -0.119. The minimum Gasteiger partial charge on any atom is -0.382 e. The van der Waals surface area contributed by atoms with Crippen LogP contribution in [0.4, 0.5) is 5.82 Å². The van der Waals surface area contributed by atoms with E-state index in [0.717, 1.165) is 18.4 Å². The number of nitrogens with zero attached hydrogens (tertiary/aromatic N) is 3. The van der Waals surface area contributed by atoms with Crippen molar-refractivity contribution in [3.05, 3.63) is 52.2 Å². The fourth-order valence-electron chi connectivity index (χ4n) is 2.86. The van der Waals surface area contributed by atoms with E-state index in [1.807, 2.05) is 30.3 Å². The van der Waals surface area contributed by atoms with Gasteiger partial charge in [-0.3, -0.25) is 14.2 Å². The Morgan fingerprint density at radius 2 is 1.96 bits per heavy atom. The molecule has 2 aromatic heterocycles. The van der Waals surface area contributed by atoms with Crippen LogP contribution in [0.3, 0.4) is 0 Å². The molecule has 27 heavy (non-hydrogen) atoms. The van der Waals surface area contributed by atoms with Crippen molar-refractivity contribution in [2.75, 3.05) is 12.3 Å². The van der Waals surface area contributed by atoms with E-state index in [1.165, 1.54) is 4.57 Å². The Morgan fingerprint density at radius 1 is 1.22 bits per heavy atom. The number of benzene rings is 1. The third kappa shape index (κ3) is 3.43. The van der Waals surface area contributed by atoms with Gasteiger partial charge < -0.3 is 16.0 Å². The molecule has 0 atom stereocenters. The third-order valence-electron chi connectivity index (χ3n) is 4.49. The predicted octanol–water partition coefficient (Wildman–Crippen LogP) is 0.459. The second kappa shape index (κ2) is 6.67. The molecule has 0 aliphatic heterocycles. The number of nitrogens with two attached hydrogens (primary N) is 1. The van der Waals surface area contributed by atoms with Crippen molar-refractivity contribution in [1.29, 1.82) is 0 Å². The quantitative estimate of drug-likeness (QED) is 0.580. The van der Waals surface area contributed by atoms with Crippen LogP contribution in [0.2, 0.25) is 0 Å². The Hall–Kier alpha value is -3.49. The maximum Gasteiger partial charge on any atom is 0.328 e. The Bertz CT molecular complexity index is 1080. The van der Waals surface area contributed by atoms with E-state index in [4.69, 9.17) is 5.73 Å². The van der Waals surface area contributed by atoms with Crippen LogP contribution in [0.15, 0.2) is 35.1 Å². The van der Waals surface area contributed by atoms with Crippen LogP contribution in [0, 0.1) is 5.92 Å². The Balaban J connectivity index is 1.64. The summed E-state index contributed by atoms with van der Waals surface area (Å²) in [5.41, 5.74) is 6.94. The van der Waals surface area contributed by atoms with Gasteiger partial charge in [0.25, 0.3) is 5.91 Å². The first-order valence-electron chi connectivity index (χ1n) is 8.64. The topological polar surface area (TPSA) is 136 Å². The van der Waals surface area contributed by atoms with Gasteiger partial charge in [0, 0.05) is 5.92 Å². The summed E-state index contributed by atoms with van der Waals surface area (Å²) in [6.45, 7) is 0.214. The first kappa shape index (κ1) is 17.0. The molecule has 0 spiro atoms. The molecular weight excluding hydrogens is 348 g/mol. The maximum absolute atomic E-state index is 12.3. The van der Waals surface area contributed by atoms with Gasteiger partial charge >= 0.3 is 5.69 Å². The second-order valence-corrected chi connectivity index (χ2v) is 6.56. The summed E-state index contributed by atoms with van der Waals surface area (Å²) in [4.78, 5) is 47.2. The number of carbonyl (C=O) groups is 2. The fourth-order valence-corrected chi connectivity index (χ4v) is 2.86. The first-order valence-corrected chi connectivity index (χ1v) is 8.64. The summed E-state index contributed by atoms with van der Waals surface area (Å²) in [5, 5.41) is 2.52. The highest BCUT2D eigenvalue weighted by Gasteiger charge is 2.29. The molecule has 1 saturated carbocycles. The number of hydrogen-bond donors (Lipinski definition) is 3. The molecule has 4 N–H and O–H groups in total. The van der Waals surface area contributed by atoms with Gasteiger partial charge in [0.1, 0.15) is 5.52 Å². The zero-order valence-electron chi connectivity index (χ0n) is 14.4. The zero-order valence-corrected chi connectivity index (χ0v) is 14.4. The van der Waals surface area contributed by atoms with Gasteiger partial charge in [-0.05, 0) is 18.4 Å². The minimum absolute atomic E-state index is 0.0000283. The average Bonchev–Trinajstić information content (AvgIpc) is 3.47. The normalized spacial score (nSPS) is 13.6. The van der Waals surface area contributed by atoms with Crippen LogP contribution in [0.5, 0.6) is 0 Å². The number of imidazole rings is 1. The third-order valence-corrected chi connectivity index (χ3v) is 4.49. The molecule has 1 amide bonds. The summed E-state index contributed by atoms with van der Waals surface area (Å²) in [7, 11) is 0. The fraction of sp³-hybridized carbons (Fsp3) is 0.278. The maximum atomic E-state index is 12.3. The van der Waals surface area contributed by atoms with Crippen LogP contribution in [-0.2, 0) is 11.3 Å². The lowest BCUT2D eigenvalue weighted by Gasteiger charge is -2.06. The van der Waals surface area contributed by atoms with Gasteiger partial charge in [0.15, 0.2) is 17.2 Å². The number of amides is 1. The van der Waals surface area contributed by atoms with Crippen LogP contribution in [-0.4, -0.2) is 37.8 Å². The number of aromatic amines is 1. The molecule has 1 aromatic carbocycles. The standard InChI is InChI=1S/C18H18N6O3/c19-14-13-16(24(18(27)21-13)9-10-4-2-1-3-5-10)23-15(22-14)17(26)20-8-12(25)11-6-7-11/h1-5,11H,6-9H2,(H,20,26)(H,21,27)(H2,19,22,23). The number of nitrogens with one attached hydrogen (secondary N) is 2. The lowest BCUT2D eigenvalue weighted by Crippen LogP contribution is -2.31. The summed E-state index contributed by atoms with van der Waals surface area (Å²) < 4.78 is 1.40. The number of Topliss-reactive ketones (excluding diaryl/α,β-unsaturated/α-hetero) is 1. The van der Waals surface area contributed by atoms with Crippen molar-refractivity contribution in [1.82, 2.24) is 24.8 Å². The van der Waals surface area contributed by atoms with Crippen molar-refractivity contribution < 1.29 is 9.59 Å². The molecule has 4 rings (SSSR count). The van der Waals surface area contributed by atoms with Crippen LogP contribution in [0.1, 0.15) is 29.0 Å². The molecule has 1 aliphatic rings. The number of hydrogen-bond acceptors (Lipinski definition) is 6. The van der Waals surface area contributed by atoms with E-state index < -0.39 is 11.6 Å². The molecular formula is C18H18N6O3. The van der Waals surface area contributed by atoms with Gasteiger partial charge in [-0.1, -0.05) is 30.3 Å². The number of carbonyl (C=O) groups excluding carboxylic acids is 2. The summed E-state index contributed by atoms with van der Waals surface area (Å²) in [6, 6.07) is 9.38. The predicted molar refractivity (Wildman–Crippen MR) is 98.2 cm³/mol. The monoisotopic (exact) mass is 366 g/mol. The number of nitrogen functional groups attached to an aromatic ring is 1. The Labute approximate surface area is 153 Å². The van der Waals surface area contributed by atoms with Crippen molar-refractivity contribution >= 4 is 28.7 Å². The molecule has 1 aliphatic carbocycles. The van der Waals surface area contributed by atoms with E-state index in [1.54, 1.807) is 0 Å².